The quantitative estimate of drug-likeness (QED) is 0.731. The first-order valence-corrected chi connectivity index (χ1v) is 5.26. The molecule has 0 unspecified atom stereocenters. The lowest BCUT2D eigenvalue weighted by atomic mass is 10.1. The van der Waals surface area contributed by atoms with Gasteiger partial charge in [-0.15, -0.1) is 11.3 Å². The summed E-state index contributed by atoms with van der Waals surface area (Å²) in [4.78, 5) is 0. The molecule has 0 atom stereocenters. The van der Waals surface area contributed by atoms with E-state index in [1.807, 2.05) is 11.4 Å². The summed E-state index contributed by atoms with van der Waals surface area (Å²) in [5.41, 5.74) is 7.62. The van der Waals surface area contributed by atoms with Crippen LogP contribution < -0.4 is 5.73 Å². The number of phenolic OH excluding ortho intramolecular Hbond substituents is 1. The molecule has 72 valence electrons. The van der Waals surface area contributed by atoms with Gasteiger partial charge in [0.15, 0.2) is 0 Å². The van der Waals surface area contributed by atoms with Gasteiger partial charge in [0, 0.05) is 22.9 Å². The van der Waals surface area contributed by atoms with E-state index in [0.717, 1.165) is 5.56 Å². The van der Waals surface area contributed by atoms with Gasteiger partial charge in [-0.25, -0.2) is 0 Å². The molecule has 0 amide bonds. The van der Waals surface area contributed by atoms with Crippen LogP contribution in [-0.2, 0) is 0 Å². The third-order valence-corrected chi connectivity index (χ3v) is 3.10. The van der Waals surface area contributed by atoms with E-state index in [-0.39, 0.29) is 5.75 Å². The van der Waals surface area contributed by atoms with E-state index in [4.69, 9.17) is 17.3 Å². The van der Waals surface area contributed by atoms with E-state index >= 15 is 0 Å². The maximum atomic E-state index is 9.65. The van der Waals surface area contributed by atoms with E-state index < -0.39 is 0 Å². The highest BCUT2D eigenvalue weighted by atomic mass is 35.5. The minimum Gasteiger partial charge on any atom is -0.507 e. The van der Waals surface area contributed by atoms with Crippen molar-refractivity contribution in [1.82, 2.24) is 0 Å². The van der Waals surface area contributed by atoms with Crippen LogP contribution in [0.25, 0.3) is 11.1 Å². The van der Waals surface area contributed by atoms with Gasteiger partial charge in [0.05, 0.1) is 0 Å². The fraction of sp³-hybridized carbons (Fsp3) is 0. The number of anilines is 1. The van der Waals surface area contributed by atoms with Crippen molar-refractivity contribution in [3.05, 3.63) is 34.0 Å². The van der Waals surface area contributed by atoms with Gasteiger partial charge in [0.1, 0.15) is 10.1 Å². The molecule has 0 radical (unpaired) electrons. The van der Waals surface area contributed by atoms with Crippen LogP contribution >= 0.6 is 22.9 Å². The maximum absolute atomic E-state index is 9.65. The minimum atomic E-state index is 0.158. The smallest absolute Gasteiger partial charge is 0.125 e. The predicted octanol–water partition coefficient (Wildman–Crippen LogP) is 3.36. The summed E-state index contributed by atoms with van der Waals surface area (Å²) in [6, 6.07) is 6.89. The predicted molar refractivity (Wildman–Crippen MR) is 60.8 cm³/mol. The zero-order chi connectivity index (χ0) is 10.1. The Hall–Kier alpha value is -1.19. The summed E-state index contributed by atoms with van der Waals surface area (Å²) in [5.74, 6) is 0.158. The molecule has 1 heterocycles. The topological polar surface area (TPSA) is 46.2 Å². The van der Waals surface area contributed by atoms with E-state index in [9.17, 15) is 5.11 Å². The number of phenols is 1. The molecule has 2 rings (SSSR count). The molecule has 0 aliphatic carbocycles. The van der Waals surface area contributed by atoms with E-state index in [1.54, 1.807) is 12.1 Å². The molecule has 0 bridgehead atoms. The van der Waals surface area contributed by atoms with Crippen molar-refractivity contribution in [3.63, 3.8) is 0 Å². The number of aromatic hydroxyl groups is 1. The Labute approximate surface area is 90.6 Å². The molecule has 0 saturated carbocycles. The van der Waals surface area contributed by atoms with Crippen molar-refractivity contribution < 1.29 is 5.11 Å². The Morgan fingerprint density at radius 2 is 2.00 bits per heavy atom. The summed E-state index contributed by atoms with van der Waals surface area (Å²) >= 11 is 7.40. The number of rotatable bonds is 1. The van der Waals surface area contributed by atoms with Crippen LogP contribution in [0, 0.1) is 0 Å². The molecule has 4 heteroatoms. The zero-order valence-corrected chi connectivity index (χ0v) is 8.77. The monoisotopic (exact) mass is 225 g/mol. The average molecular weight is 226 g/mol. The highest BCUT2D eigenvalue weighted by Crippen LogP contribution is 2.37. The molecular formula is C10H8ClNOS. The van der Waals surface area contributed by atoms with Crippen LogP contribution in [-0.4, -0.2) is 5.11 Å². The zero-order valence-electron chi connectivity index (χ0n) is 7.20. The molecule has 2 aromatic rings. The normalized spacial score (nSPS) is 10.4. The lowest BCUT2D eigenvalue weighted by Crippen LogP contribution is -1.84. The fourth-order valence-corrected chi connectivity index (χ4v) is 2.21. The first-order chi connectivity index (χ1) is 6.68. The van der Waals surface area contributed by atoms with E-state index in [2.05, 4.69) is 0 Å². The third kappa shape index (κ3) is 1.56. The summed E-state index contributed by atoms with van der Waals surface area (Å²) in [5, 5.41) is 11.5. The summed E-state index contributed by atoms with van der Waals surface area (Å²) in [7, 11) is 0. The third-order valence-electron chi connectivity index (χ3n) is 1.93. The van der Waals surface area contributed by atoms with E-state index in [0.29, 0.717) is 15.6 Å². The molecule has 3 N–H and O–H groups in total. The number of hydrogen-bond acceptors (Lipinski definition) is 3. The number of thiophene rings is 1. The van der Waals surface area contributed by atoms with Crippen LogP contribution in [0.15, 0.2) is 29.6 Å². The number of hydrogen-bond donors (Lipinski definition) is 2. The minimum absolute atomic E-state index is 0.158. The molecular weight excluding hydrogens is 218 g/mol. The molecule has 0 fully saturated rings. The number of nitrogens with two attached hydrogens (primary N) is 1. The second-order valence-corrected chi connectivity index (χ2v) is 4.40. The number of benzene rings is 1. The van der Waals surface area contributed by atoms with Crippen molar-refractivity contribution in [2.24, 2.45) is 0 Å². The second kappa shape index (κ2) is 3.52. The van der Waals surface area contributed by atoms with Gasteiger partial charge < -0.3 is 10.8 Å². The van der Waals surface area contributed by atoms with Crippen LogP contribution in [0.5, 0.6) is 5.75 Å². The molecule has 0 saturated heterocycles. The Kier molecular flexibility index (Phi) is 2.35. The van der Waals surface area contributed by atoms with Crippen LogP contribution in [0.3, 0.4) is 0 Å². The van der Waals surface area contributed by atoms with Crippen LogP contribution in [0.2, 0.25) is 4.34 Å². The Balaban J connectivity index is 2.58. The second-order valence-electron chi connectivity index (χ2n) is 2.88. The van der Waals surface area contributed by atoms with Crippen molar-refractivity contribution in [2.45, 2.75) is 0 Å². The van der Waals surface area contributed by atoms with Crippen molar-refractivity contribution in [2.75, 3.05) is 5.73 Å². The molecule has 1 aromatic carbocycles. The lowest BCUT2D eigenvalue weighted by molar-refractivity contribution is 0.477. The Morgan fingerprint density at radius 1 is 1.21 bits per heavy atom. The highest BCUT2D eigenvalue weighted by Gasteiger charge is 2.08. The molecule has 2 nitrogen and oxygen atoms in total. The summed E-state index contributed by atoms with van der Waals surface area (Å²) in [6.45, 7) is 0. The van der Waals surface area contributed by atoms with Gasteiger partial charge in [-0.3, -0.25) is 0 Å². The molecule has 0 spiro atoms. The van der Waals surface area contributed by atoms with E-state index in [1.165, 1.54) is 17.4 Å². The lowest BCUT2D eigenvalue weighted by Gasteiger charge is -2.03. The van der Waals surface area contributed by atoms with Gasteiger partial charge in [0.25, 0.3) is 0 Å². The van der Waals surface area contributed by atoms with Gasteiger partial charge >= 0.3 is 0 Å². The molecule has 0 aliphatic heterocycles. The largest absolute Gasteiger partial charge is 0.507 e. The average Bonchev–Trinajstić information content (AvgIpc) is 2.52. The van der Waals surface area contributed by atoms with Gasteiger partial charge in [-0.2, -0.15) is 0 Å². The van der Waals surface area contributed by atoms with Gasteiger partial charge in [-0.1, -0.05) is 11.6 Å². The standard InChI is InChI=1S/C10H8ClNOS/c11-10-8(3-4-14-10)7-2-1-6(12)5-9(7)13/h1-5,13H,12H2. The fourth-order valence-electron chi connectivity index (χ4n) is 1.26. The number of nitrogen functional groups attached to an aromatic ring is 1. The van der Waals surface area contributed by atoms with Crippen molar-refractivity contribution in [1.29, 1.82) is 0 Å². The highest BCUT2D eigenvalue weighted by molar-refractivity contribution is 7.15. The SMILES string of the molecule is Nc1ccc(-c2ccsc2Cl)c(O)c1. The Bertz CT molecular complexity index is 467. The molecule has 14 heavy (non-hydrogen) atoms. The van der Waals surface area contributed by atoms with Crippen LogP contribution in [0.1, 0.15) is 0 Å². The first kappa shape index (κ1) is 9.37. The maximum Gasteiger partial charge on any atom is 0.125 e. The number of halogens is 1. The first-order valence-electron chi connectivity index (χ1n) is 4.00. The summed E-state index contributed by atoms with van der Waals surface area (Å²) < 4.78 is 0.671. The van der Waals surface area contributed by atoms with Gasteiger partial charge in [-0.05, 0) is 23.6 Å². The molecule has 1 aromatic heterocycles. The Morgan fingerprint density at radius 3 is 2.57 bits per heavy atom. The molecule has 0 aliphatic rings. The van der Waals surface area contributed by atoms with Gasteiger partial charge in [0.2, 0.25) is 0 Å². The van der Waals surface area contributed by atoms with Crippen LogP contribution in [0.4, 0.5) is 5.69 Å². The van der Waals surface area contributed by atoms with Crippen molar-refractivity contribution >= 4 is 28.6 Å². The van der Waals surface area contributed by atoms with Crippen molar-refractivity contribution in [3.8, 4) is 16.9 Å². The summed E-state index contributed by atoms with van der Waals surface area (Å²) in [6.07, 6.45) is 0.